The SMILES string of the molecule is Oc1ccc(/C=N/n2c(-c3ccncc3)n[nH]c2=S)cc1. The molecule has 0 unspecified atom stereocenters. The van der Waals surface area contributed by atoms with Crippen LogP contribution in [0.4, 0.5) is 0 Å². The van der Waals surface area contributed by atoms with Crippen molar-refractivity contribution in [2.45, 2.75) is 0 Å². The Morgan fingerprint density at radius 3 is 2.57 bits per heavy atom. The molecule has 21 heavy (non-hydrogen) atoms. The molecule has 0 aliphatic carbocycles. The Bertz CT molecular complexity index is 821. The highest BCUT2D eigenvalue weighted by molar-refractivity contribution is 7.71. The molecule has 6 nitrogen and oxygen atoms in total. The first-order valence-corrected chi connectivity index (χ1v) is 6.56. The van der Waals surface area contributed by atoms with Gasteiger partial charge >= 0.3 is 0 Å². The molecule has 0 fully saturated rings. The lowest BCUT2D eigenvalue weighted by Gasteiger charge is -2.00. The predicted octanol–water partition coefficient (Wildman–Crippen LogP) is 2.59. The molecule has 7 heteroatoms. The normalized spacial score (nSPS) is 11.0. The topological polar surface area (TPSA) is 79.1 Å². The molecule has 3 aromatic rings. The van der Waals surface area contributed by atoms with Crippen molar-refractivity contribution in [1.82, 2.24) is 19.9 Å². The molecule has 0 aliphatic heterocycles. The molecule has 0 saturated heterocycles. The second kappa shape index (κ2) is 5.68. The summed E-state index contributed by atoms with van der Waals surface area (Å²) in [4.78, 5) is 3.97. The number of pyridine rings is 1. The first kappa shape index (κ1) is 13.2. The summed E-state index contributed by atoms with van der Waals surface area (Å²) in [7, 11) is 0. The molecule has 0 amide bonds. The van der Waals surface area contributed by atoms with Crippen LogP contribution in [0, 0.1) is 4.77 Å². The Balaban J connectivity index is 1.98. The van der Waals surface area contributed by atoms with Crippen LogP contribution in [0.3, 0.4) is 0 Å². The zero-order valence-corrected chi connectivity index (χ0v) is 11.7. The smallest absolute Gasteiger partial charge is 0.216 e. The lowest BCUT2D eigenvalue weighted by Crippen LogP contribution is -1.95. The highest BCUT2D eigenvalue weighted by atomic mass is 32.1. The van der Waals surface area contributed by atoms with Crippen molar-refractivity contribution in [1.29, 1.82) is 0 Å². The van der Waals surface area contributed by atoms with Crippen LogP contribution in [0.2, 0.25) is 0 Å². The van der Waals surface area contributed by atoms with E-state index < -0.39 is 0 Å². The molecule has 3 rings (SSSR count). The fourth-order valence-corrected chi connectivity index (χ4v) is 1.95. The van der Waals surface area contributed by atoms with E-state index in [1.54, 1.807) is 42.9 Å². The van der Waals surface area contributed by atoms with Gasteiger partial charge in [-0.15, -0.1) is 0 Å². The summed E-state index contributed by atoms with van der Waals surface area (Å²) < 4.78 is 1.94. The molecule has 0 aliphatic rings. The van der Waals surface area contributed by atoms with E-state index in [1.165, 1.54) is 4.68 Å². The molecule has 0 atom stereocenters. The third-order valence-corrected chi connectivity index (χ3v) is 3.07. The number of aromatic hydroxyl groups is 1. The van der Waals surface area contributed by atoms with Gasteiger partial charge in [0.1, 0.15) is 5.75 Å². The predicted molar refractivity (Wildman–Crippen MR) is 81.7 cm³/mol. The van der Waals surface area contributed by atoms with E-state index in [0.717, 1.165) is 11.1 Å². The first-order valence-electron chi connectivity index (χ1n) is 6.15. The standard InChI is InChI=1S/C14H11N5OS/c20-12-3-1-10(2-4-12)9-16-19-13(17-18-14(19)21)11-5-7-15-8-6-11/h1-9,20H,(H,18,21)/b16-9+. The maximum Gasteiger partial charge on any atom is 0.216 e. The van der Waals surface area contributed by atoms with Crippen LogP contribution in [-0.4, -0.2) is 31.2 Å². The van der Waals surface area contributed by atoms with Crippen LogP contribution in [0.25, 0.3) is 11.4 Å². The number of nitrogens with one attached hydrogen (secondary N) is 1. The molecule has 0 spiro atoms. The molecule has 0 bridgehead atoms. The molecule has 0 saturated carbocycles. The third-order valence-electron chi connectivity index (χ3n) is 2.80. The van der Waals surface area contributed by atoms with Gasteiger partial charge in [0.25, 0.3) is 0 Å². The monoisotopic (exact) mass is 297 g/mol. The number of nitrogens with zero attached hydrogens (tertiary/aromatic N) is 4. The van der Waals surface area contributed by atoms with Gasteiger partial charge < -0.3 is 5.11 Å². The number of rotatable bonds is 3. The van der Waals surface area contributed by atoms with Crippen molar-refractivity contribution in [3.8, 4) is 17.1 Å². The minimum absolute atomic E-state index is 0.213. The van der Waals surface area contributed by atoms with E-state index in [0.29, 0.717) is 10.6 Å². The van der Waals surface area contributed by atoms with Gasteiger partial charge in [0.2, 0.25) is 4.77 Å². The average Bonchev–Trinajstić information content (AvgIpc) is 2.89. The van der Waals surface area contributed by atoms with E-state index >= 15 is 0 Å². The number of benzene rings is 1. The zero-order valence-electron chi connectivity index (χ0n) is 10.8. The molecule has 2 heterocycles. The van der Waals surface area contributed by atoms with Crippen molar-refractivity contribution in [2.75, 3.05) is 0 Å². The molecule has 1 aromatic carbocycles. The summed E-state index contributed by atoms with van der Waals surface area (Å²) >= 11 is 5.18. The summed E-state index contributed by atoms with van der Waals surface area (Å²) in [6.07, 6.45) is 5.01. The highest BCUT2D eigenvalue weighted by Gasteiger charge is 2.07. The van der Waals surface area contributed by atoms with Crippen LogP contribution >= 0.6 is 12.2 Å². The van der Waals surface area contributed by atoms with Crippen LogP contribution in [0.1, 0.15) is 5.56 Å². The van der Waals surface area contributed by atoms with E-state index in [4.69, 9.17) is 12.2 Å². The quantitative estimate of drug-likeness (QED) is 0.575. The molecule has 2 N–H and O–H groups in total. The Labute approximate surface area is 125 Å². The van der Waals surface area contributed by atoms with Crippen LogP contribution in [0.5, 0.6) is 5.75 Å². The van der Waals surface area contributed by atoms with Gasteiger partial charge in [0.05, 0.1) is 6.21 Å². The first-order chi connectivity index (χ1) is 10.2. The number of aromatic nitrogens is 4. The minimum atomic E-state index is 0.213. The van der Waals surface area contributed by atoms with Gasteiger partial charge in [0, 0.05) is 18.0 Å². The summed E-state index contributed by atoms with van der Waals surface area (Å²) in [5.74, 6) is 0.821. The fraction of sp³-hybridized carbons (Fsp3) is 0. The number of H-pyrrole nitrogens is 1. The number of phenolic OH excluding ortho intramolecular Hbond substituents is 1. The third kappa shape index (κ3) is 2.87. The van der Waals surface area contributed by atoms with Gasteiger partial charge in [-0.25, -0.2) is 5.10 Å². The zero-order chi connectivity index (χ0) is 14.7. The van der Waals surface area contributed by atoms with Crippen LogP contribution in [0.15, 0.2) is 53.9 Å². The Morgan fingerprint density at radius 2 is 1.86 bits per heavy atom. The number of phenols is 1. The van der Waals surface area contributed by atoms with Crippen LogP contribution < -0.4 is 0 Å². The average molecular weight is 297 g/mol. The molecular formula is C14H11N5OS. The lowest BCUT2D eigenvalue weighted by molar-refractivity contribution is 0.475. The lowest BCUT2D eigenvalue weighted by atomic mass is 10.2. The molecule has 2 aromatic heterocycles. The van der Waals surface area contributed by atoms with Gasteiger partial charge in [0.15, 0.2) is 5.82 Å². The number of aromatic amines is 1. The van der Waals surface area contributed by atoms with Gasteiger partial charge in [-0.2, -0.15) is 14.9 Å². The maximum atomic E-state index is 9.26. The second-order valence-corrected chi connectivity index (χ2v) is 4.62. The fourth-order valence-electron chi connectivity index (χ4n) is 1.77. The Kier molecular flexibility index (Phi) is 3.57. The molecule has 0 radical (unpaired) electrons. The Morgan fingerprint density at radius 1 is 1.14 bits per heavy atom. The summed E-state index contributed by atoms with van der Waals surface area (Å²) in [6, 6.07) is 10.4. The summed E-state index contributed by atoms with van der Waals surface area (Å²) in [6.45, 7) is 0. The van der Waals surface area contributed by atoms with Gasteiger partial charge in [-0.1, -0.05) is 0 Å². The number of hydrogen-bond acceptors (Lipinski definition) is 5. The second-order valence-electron chi connectivity index (χ2n) is 4.24. The van der Waals surface area contributed by atoms with Crippen molar-refractivity contribution < 1.29 is 5.11 Å². The molecule has 104 valence electrons. The van der Waals surface area contributed by atoms with Gasteiger partial charge in [-0.3, -0.25) is 4.98 Å². The number of hydrogen-bond donors (Lipinski definition) is 2. The summed E-state index contributed by atoms with van der Waals surface area (Å²) in [5.41, 5.74) is 1.71. The maximum absolute atomic E-state index is 9.26. The van der Waals surface area contributed by atoms with Crippen molar-refractivity contribution >= 4 is 18.4 Å². The molecular weight excluding hydrogens is 286 g/mol. The van der Waals surface area contributed by atoms with E-state index in [9.17, 15) is 5.11 Å². The van der Waals surface area contributed by atoms with Crippen molar-refractivity contribution in [2.24, 2.45) is 5.10 Å². The summed E-state index contributed by atoms with van der Waals surface area (Å²) in [5, 5.41) is 20.5. The highest BCUT2D eigenvalue weighted by Crippen LogP contribution is 2.15. The van der Waals surface area contributed by atoms with Gasteiger partial charge in [-0.05, 0) is 54.2 Å². The van der Waals surface area contributed by atoms with E-state index in [2.05, 4.69) is 20.3 Å². The Hall–Kier alpha value is -2.80. The van der Waals surface area contributed by atoms with Crippen molar-refractivity contribution in [3.63, 3.8) is 0 Å². The largest absolute Gasteiger partial charge is 0.508 e. The minimum Gasteiger partial charge on any atom is -0.508 e. The van der Waals surface area contributed by atoms with Crippen molar-refractivity contribution in [3.05, 3.63) is 59.1 Å². The van der Waals surface area contributed by atoms with Crippen LogP contribution in [-0.2, 0) is 0 Å². The van der Waals surface area contributed by atoms with E-state index in [1.807, 2.05) is 12.1 Å². The van der Waals surface area contributed by atoms with E-state index in [-0.39, 0.29) is 5.75 Å².